The molecule has 0 aliphatic heterocycles. The van der Waals surface area contributed by atoms with Gasteiger partial charge in [0, 0.05) is 42.6 Å². The van der Waals surface area contributed by atoms with Gasteiger partial charge in [-0.05, 0) is 36.8 Å². The average molecular weight is 588 g/mol. The van der Waals surface area contributed by atoms with Gasteiger partial charge in [-0.15, -0.1) is 35.9 Å². The number of hydrogen-bond donors (Lipinski definition) is 1. The van der Waals surface area contributed by atoms with Gasteiger partial charge in [0.25, 0.3) is 0 Å². The Morgan fingerprint density at radius 1 is 1.03 bits per heavy atom. The molecule has 0 bridgehead atoms. The molecule has 0 aliphatic carbocycles. The second-order valence-corrected chi connectivity index (χ2v) is 6.87. The Kier molecular flexibility index (Phi) is 6.95. The van der Waals surface area contributed by atoms with Crippen molar-refractivity contribution in [3.05, 3.63) is 84.9 Å². The van der Waals surface area contributed by atoms with Gasteiger partial charge in [0.2, 0.25) is 5.71 Å². The van der Waals surface area contributed by atoms with Crippen LogP contribution < -0.4 is 0 Å². The van der Waals surface area contributed by atoms with Crippen LogP contribution in [0.3, 0.4) is 0 Å². The molecule has 0 saturated heterocycles. The fourth-order valence-corrected chi connectivity index (χ4v) is 3.33. The smallest absolute Gasteiger partial charge is 0.221 e. The van der Waals surface area contributed by atoms with E-state index in [0.29, 0.717) is 5.71 Å². The number of carbonyl (C=O) groups excluding carboxylic acids is 1. The van der Waals surface area contributed by atoms with Crippen molar-refractivity contribution in [2.45, 2.75) is 13.8 Å². The summed E-state index contributed by atoms with van der Waals surface area (Å²) >= 11 is 0. The van der Waals surface area contributed by atoms with Crippen LogP contribution in [0.2, 0.25) is 0 Å². The Hall–Kier alpha value is -3.34. The molecule has 0 atom stereocenters. The molecule has 6 heteroatoms. The molecule has 5 rings (SSSR count). The maximum Gasteiger partial charge on any atom is 0.221 e. The van der Waals surface area contributed by atoms with E-state index in [-0.39, 0.29) is 31.6 Å². The topological polar surface area (TPSA) is 76.2 Å². The molecule has 2 heterocycles. The van der Waals surface area contributed by atoms with Crippen molar-refractivity contribution < 1.29 is 34.4 Å². The molecule has 0 spiro atoms. The fourth-order valence-electron chi connectivity index (χ4n) is 3.33. The quantitative estimate of drug-likeness (QED) is 0.155. The number of furan rings is 1. The van der Waals surface area contributed by atoms with Gasteiger partial charge >= 0.3 is 0 Å². The number of ketones is 1. The molecule has 157 valence electrons. The van der Waals surface area contributed by atoms with Gasteiger partial charge < -0.3 is 9.52 Å². The monoisotopic (exact) mass is 588 g/mol. The standard InChI is InChI=1S/C20H11N2O.C5H8O2.Ir/c1-2-6-13(7-3-1)19-18-16-10-14-8-4-5-9-15(14)11-17(16)23-20(18)22-12-21-19;1-4(6)3-5(2)7;/h1-6,8-12H;3,6H,1-2H3;/q-1;;/b;4-3-;. The second-order valence-electron chi connectivity index (χ2n) is 6.87. The SMILES string of the molecule is CC(=O)/C=C(/C)O.[Ir].[c-]1ccccc1-c1ncnc2oc3cc4ccccc4cc3c12. The number of rotatable bonds is 2. The average Bonchev–Trinajstić information content (AvgIpc) is 3.09. The van der Waals surface area contributed by atoms with Crippen molar-refractivity contribution in [2.24, 2.45) is 0 Å². The third kappa shape index (κ3) is 4.88. The molecule has 31 heavy (non-hydrogen) atoms. The predicted octanol–water partition coefficient (Wildman–Crippen LogP) is 6.03. The maximum atomic E-state index is 10.0. The van der Waals surface area contributed by atoms with Crippen molar-refractivity contribution in [2.75, 3.05) is 0 Å². The molecule has 0 unspecified atom stereocenters. The van der Waals surface area contributed by atoms with Gasteiger partial charge in [-0.1, -0.05) is 24.3 Å². The number of nitrogens with zero attached hydrogens (tertiary/aromatic N) is 2. The zero-order chi connectivity index (χ0) is 21.1. The number of carbonyl (C=O) groups is 1. The van der Waals surface area contributed by atoms with Crippen LogP contribution >= 0.6 is 0 Å². The largest absolute Gasteiger partial charge is 0.512 e. The minimum atomic E-state index is -0.125. The Bertz CT molecular complexity index is 1390. The van der Waals surface area contributed by atoms with Crippen molar-refractivity contribution >= 4 is 38.6 Å². The predicted molar refractivity (Wildman–Crippen MR) is 118 cm³/mol. The minimum Gasteiger partial charge on any atom is -0.512 e. The normalized spacial score (nSPS) is 11.1. The van der Waals surface area contributed by atoms with E-state index in [2.05, 4.69) is 40.3 Å². The zero-order valence-electron chi connectivity index (χ0n) is 16.9. The molecule has 3 aromatic carbocycles. The van der Waals surface area contributed by atoms with Gasteiger partial charge in [-0.2, -0.15) is 0 Å². The zero-order valence-corrected chi connectivity index (χ0v) is 19.3. The number of aliphatic hydroxyl groups excluding tert-OH is 1. The van der Waals surface area contributed by atoms with E-state index < -0.39 is 0 Å². The van der Waals surface area contributed by atoms with Crippen LogP contribution in [0.5, 0.6) is 0 Å². The van der Waals surface area contributed by atoms with E-state index >= 15 is 0 Å². The molecule has 1 N–H and O–H groups in total. The third-order valence-electron chi connectivity index (χ3n) is 4.51. The summed E-state index contributed by atoms with van der Waals surface area (Å²) in [6.45, 7) is 2.85. The van der Waals surface area contributed by atoms with Crippen LogP contribution in [0, 0.1) is 6.07 Å². The molecule has 0 fully saturated rings. The minimum absolute atomic E-state index is 0. The number of benzene rings is 3. The van der Waals surface area contributed by atoms with E-state index in [1.54, 1.807) is 6.33 Å². The van der Waals surface area contributed by atoms with E-state index in [9.17, 15) is 4.79 Å². The van der Waals surface area contributed by atoms with Crippen LogP contribution in [-0.4, -0.2) is 20.9 Å². The van der Waals surface area contributed by atoms with Crippen molar-refractivity contribution in [3.8, 4) is 11.3 Å². The molecular weight excluding hydrogens is 569 g/mol. The molecular formula is C25H19IrN2O3-. The van der Waals surface area contributed by atoms with Crippen LogP contribution in [0.15, 0.2) is 83.2 Å². The van der Waals surface area contributed by atoms with E-state index in [1.165, 1.54) is 25.3 Å². The van der Waals surface area contributed by atoms with Gasteiger partial charge in [-0.25, -0.2) is 4.98 Å². The number of aromatic nitrogens is 2. The summed E-state index contributed by atoms with van der Waals surface area (Å²) in [6, 6.07) is 23.5. The number of fused-ring (bicyclic) bond motifs is 4. The summed E-state index contributed by atoms with van der Waals surface area (Å²) < 4.78 is 5.96. The summed E-state index contributed by atoms with van der Waals surface area (Å²) in [5, 5.41) is 12.7. The Labute approximate surface area is 192 Å². The first kappa shape index (κ1) is 22.3. The van der Waals surface area contributed by atoms with E-state index in [4.69, 9.17) is 9.52 Å². The third-order valence-corrected chi connectivity index (χ3v) is 4.51. The summed E-state index contributed by atoms with van der Waals surface area (Å²) in [5.74, 6) is -0.0625. The first-order valence-electron chi connectivity index (χ1n) is 9.44. The Balaban J connectivity index is 0.000000299. The van der Waals surface area contributed by atoms with Gasteiger partial charge in [0.05, 0.1) is 5.76 Å². The molecule has 0 saturated carbocycles. The van der Waals surface area contributed by atoms with Crippen LogP contribution in [-0.2, 0) is 24.9 Å². The summed E-state index contributed by atoms with van der Waals surface area (Å²) in [4.78, 5) is 18.8. The Morgan fingerprint density at radius 3 is 2.35 bits per heavy atom. The van der Waals surface area contributed by atoms with Crippen LogP contribution in [0.1, 0.15) is 13.8 Å². The van der Waals surface area contributed by atoms with Crippen LogP contribution in [0.25, 0.3) is 44.1 Å². The first-order chi connectivity index (χ1) is 14.5. The van der Waals surface area contributed by atoms with Gasteiger partial charge in [-0.3, -0.25) is 9.78 Å². The molecule has 0 amide bonds. The number of allylic oxidation sites excluding steroid dienone is 2. The van der Waals surface area contributed by atoms with Crippen molar-refractivity contribution in [1.29, 1.82) is 0 Å². The number of aliphatic hydroxyl groups is 1. The summed E-state index contributed by atoms with van der Waals surface area (Å²) in [7, 11) is 0. The molecule has 1 radical (unpaired) electrons. The Morgan fingerprint density at radius 2 is 1.74 bits per heavy atom. The molecule has 0 aliphatic rings. The van der Waals surface area contributed by atoms with E-state index in [1.807, 2.05) is 36.4 Å². The van der Waals surface area contributed by atoms with E-state index in [0.717, 1.165) is 33.0 Å². The summed E-state index contributed by atoms with van der Waals surface area (Å²) in [6.07, 6.45) is 2.71. The van der Waals surface area contributed by atoms with Crippen molar-refractivity contribution in [1.82, 2.24) is 9.97 Å². The number of hydrogen-bond acceptors (Lipinski definition) is 5. The van der Waals surface area contributed by atoms with Crippen molar-refractivity contribution in [3.63, 3.8) is 0 Å². The molecule has 2 aromatic heterocycles. The fraction of sp³-hybridized carbons (Fsp3) is 0.0800. The second kappa shape index (κ2) is 9.65. The molecule has 5 aromatic rings. The van der Waals surface area contributed by atoms with Gasteiger partial charge in [0.15, 0.2) is 5.78 Å². The van der Waals surface area contributed by atoms with Crippen LogP contribution in [0.4, 0.5) is 0 Å². The summed E-state index contributed by atoms with van der Waals surface area (Å²) in [5.41, 5.74) is 3.23. The first-order valence-corrected chi connectivity index (χ1v) is 9.44. The maximum absolute atomic E-state index is 10.0. The molecule has 5 nitrogen and oxygen atoms in total. The van der Waals surface area contributed by atoms with Gasteiger partial charge in [0.1, 0.15) is 11.9 Å².